The number of phosphoric ester groups is 1. The summed E-state index contributed by atoms with van der Waals surface area (Å²) in [7, 11) is -4.56. The molecule has 0 bridgehead atoms. The van der Waals surface area contributed by atoms with Crippen LogP contribution in [0.15, 0.2) is 0 Å². The Balaban J connectivity index is 3.87. The van der Waals surface area contributed by atoms with Crippen LogP contribution in [0.3, 0.4) is 0 Å². The Bertz CT molecular complexity index is 446. The zero-order chi connectivity index (χ0) is 19.3. The highest BCUT2D eigenvalue weighted by Gasteiger charge is 2.26. The summed E-state index contributed by atoms with van der Waals surface area (Å²) in [5.74, 6) is -1.87. The van der Waals surface area contributed by atoms with Gasteiger partial charge in [0, 0.05) is 6.42 Å². The van der Waals surface area contributed by atoms with Gasteiger partial charge in [0.2, 0.25) is 0 Å². The molecular formula is C14H28NO9P. The lowest BCUT2D eigenvalue weighted by Gasteiger charge is -2.16. The third-order valence-electron chi connectivity index (χ3n) is 3.09. The first-order chi connectivity index (χ1) is 11.7. The minimum atomic E-state index is -4.56. The summed E-state index contributed by atoms with van der Waals surface area (Å²) in [6, 6.07) is -1.48. The maximum Gasteiger partial charge on any atom is 0.472 e. The summed E-state index contributed by atoms with van der Waals surface area (Å²) in [5, 5.41) is 18.1. The molecule has 10 nitrogen and oxygen atoms in total. The molecule has 0 aliphatic carbocycles. The lowest BCUT2D eigenvalue weighted by Crippen LogP contribution is -2.34. The van der Waals surface area contributed by atoms with E-state index in [-0.39, 0.29) is 13.0 Å². The molecule has 0 radical (unpaired) electrons. The van der Waals surface area contributed by atoms with E-state index in [1.165, 1.54) is 0 Å². The minimum absolute atomic E-state index is 0.242. The number of aliphatic hydroxyl groups excluding tert-OH is 1. The van der Waals surface area contributed by atoms with Gasteiger partial charge in [-0.05, 0) is 6.42 Å². The molecule has 0 fully saturated rings. The van der Waals surface area contributed by atoms with Crippen molar-refractivity contribution in [2.45, 2.75) is 57.6 Å². The van der Waals surface area contributed by atoms with E-state index in [9.17, 15) is 24.2 Å². The molecule has 0 saturated carbocycles. The third kappa shape index (κ3) is 13.9. The van der Waals surface area contributed by atoms with Crippen molar-refractivity contribution in [3.8, 4) is 0 Å². The fourth-order valence-corrected chi connectivity index (χ4v) is 2.43. The zero-order valence-electron chi connectivity index (χ0n) is 14.3. The van der Waals surface area contributed by atoms with Gasteiger partial charge in [0.05, 0.1) is 13.2 Å². The number of hydrogen-bond acceptors (Lipinski definition) is 8. The number of carbonyl (C=O) groups is 2. The Morgan fingerprint density at radius 2 is 1.68 bits per heavy atom. The monoisotopic (exact) mass is 385 g/mol. The van der Waals surface area contributed by atoms with E-state index in [1.54, 1.807) is 0 Å². The number of rotatable bonds is 15. The van der Waals surface area contributed by atoms with Crippen LogP contribution in [0.1, 0.15) is 45.4 Å². The van der Waals surface area contributed by atoms with E-state index in [2.05, 4.69) is 16.0 Å². The fraction of sp³-hybridized carbons (Fsp3) is 0.857. The minimum Gasteiger partial charge on any atom is -0.480 e. The Kier molecular flexibility index (Phi) is 12.7. The fourth-order valence-electron chi connectivity index (χ4n) is 1.65. The van der Waals surface area contributed by atoms with Crippen LogP contribution >= 0.6 is 7.82 Å². The van der Waals surface area contributed by atoms with Gasteiger partial charge in [-0.15, -0.1) is 0 Å². The number of hydrogen-bond donors (Lipinski definition) is 4. The lowest BCUT2D eigenvalue weighted by molar-refractivity contribution is -0.147. The highest BCUT2D eigenvalue weighted by molar-refractivity contribution is 7.47. The highest BCUT2D eigenvalue weighted by Crippen LogP contribution is 2.43. The largest absolute Gasteiger partial charge is 0.480 e. The Morgan fingerprint density at radius 1 is 1.08 bits per heavy atom. The summed E-state index contributed by atoms with van der Waals surface area (Å²) in [6.07, 6.45) is 3.83. The summed E-state index contributed by atoms with van der Waals surface area (Å²) in [6.45, 7) is 0.350. The maximum atomic E-state index is 11.5. The van der Waals surface area contributed by atoms with Crippen molar-refractivity contribution in [2.24, 2.45) is 5.73 Å². The number of phosphoric acid groups is 1. The molecule has 25 heavy (non-hydrogen) atoms. The van der Waals surface area contributed by atoms with Crippen LogP contribution in [0.5, 0.6) is 0 Å². The number of aliphatic hydroxyl groups is 1. The molecule has 11 heteroatoms. The standard InChI is InChI=1S/C14H28NO9P/c1-2-3-4-5-6-7-13(17)22-8-11(16)9-23-25(20,21)24-10-12(15)14(18)19/h11-12,16H,2-10,15H2,1H3,(H,18,19)(H,20,21)/t11-,12?/m1/s1. The van der Waals surface area contributed by atoms with E-state index < -0.39 is 45.1 Å². The van der Waals surface area contributed by atoms with Crippen molar-refractivity contribution >= 4 is 19.8 Å². The van der Waals surface area contributed by atoms with Gasteiger partial charge in [-0.3, -0.25) is 18.6 Å². The number of carbonyl (C=O) groups excluding carboxylic acids is 1. The first-order valence-electron chi connectivity index (χ1n) is 8.12. The van der Waals surface area contributed by atoms with E-state index in [1.807, 2.05) is 0 Å². The van der Waals surface area contributed by atoms with Crippen LogP contribution < -0.4 is 5.73 Å². The summed E-state index contributed by atoms with van der Waals surface area (Å²) in [5.41, 5.74) is 5.11. The number of aliphatic carboxylic acids is 1. The Labute approximate surface area is 146 Å². The normalized spacial score (nSPS) is 16.0. The van der Waals surface area contributed by atoms with Crippen LogP contribution in [0.2, 0.25) is 0 Å². The second kappa shape index (κ2) is 13.2. The van der Waals surface area contributed by atoms with Crippen molar-refractivity contribution in [2.75, 3.05) is 19.8 Å². The van der Waals surface area contributed by atoms with Crippen LogP contribution in [0.4, 0.5) is 0 Å². The van der Waals surface area contributed by atoms with Gasteiger partial charge >= 0.3 is 19.8 Å². The second-order valence-electron chi connectivity index (χ2n) is 5.51. The SMILES string of the molecule is CCCCCCCC(=O)OC[C@@H](O)COP(=O)(O)OCC(N)C(=O)O. The third-order valence-corrected chi connectivity index (χ3v) is 4.04. The first kappa shape index (κ1) is 24.0. The second-order valence-corrected chi connectivity index (χ2v) is 6.96. The maximum absolute atomic E-state index is 11.5. The van der Waals surface area contributed by atoms with E-state index >= 15 is 0 Å². The molecule has 0 aliphatic heterocycles. The van der Waals surface area contributed by atoms with Gasteiger partial charge in [-0.2, -0.15) is 0 Å². The Morgan fingerprint density at radius 3 is 2.28 bits per heavy atom. The van der Waals surface area contributed by atoms with E-state index in [0.717, 1.165) is 25.7 Å². The van der Waals surface area contributed by atoms with Crippen LogP contribution in [0.25, 0.3) is 0 Å². The van der Waals surface area contributed by atoms with Gasteiger partial charge in [-0.25, -0.2) is 4.57 Å². The van der Waals surface area contributed by atoms with Crippen molar-refractivity contribution in [3.63, 3.8) is 0 Å². The number of nitrogens with two attached hydrogens (primary N) is 1. The van der Waals surface area contributed by atoms with E-state index in [0.29, 0.717) is 6.42 Å². The van der Waals surface area contributed by atoms with Crippen LogP contribution in [-0.2, 0) is 27.9 Å². The average Bonchev–Trinajstić information content (AvgIpc) is 2.55. The number of carboxylic acid groups (broad SMARTS) is 1. The molecule has 0 rings (SSSR count). The number of esters is 1. The molecule has 0 aromatic heterocycles. The zero-order valence-corrected chi connectivity index (χ0v) is 15.2. The molecule has 0 aromatic rings. The first-order valence-corrected chi connectivity index (χ1v) is 9.61. The molecule has 2 unspecified atom stereocenters. The predicted molar refractivity (Wildman–Crippen MR) is 87.7 cm³/mol. The molecule has 0 aromatic carbocycles. The molecule has 0 aliphatic rings. The molecule has 0 saturated heterocycles. The molecule has 0 amide bonds. The predicted octanol–water partition coefficient (Wildman–Crippen LogP) is 0.796. The quantitative estimate of drug-likeness (QED) is 0.180. The lowest BCUT2D eigenvalue weighted by atomic mass is 10.1. The number of unbranched alkanes of at least 4 members (excludes halogenated alkanes) is 4. The molecule has 0 spiro atoms. The average molecular weight is 385 g/mol. The van der Waals surface area contributed by atoms with Crippen LogP contribution in [0, 0.1) is 0 Å². The summed E-state index contributed by atoms with van der Waals surface area (Å²) < 4.78 is 25.1. The van der Waals surface area contributed by atoms with Crippen molar-refractivity contribution in [1.29, 1.82) is 0 Å². The smallest absolute Gasteiger partial charge is 0.472 e. The van der Waals surface area contributed by atoms with Gasteiger partial charge in [0.15, 0.2) is 0 Å². The molecule has 3 atom stereocenters. The van der Waals surface area contributed by atoms with Gasteiger partial charge in [0.25, 0.3) is 0 Å². The van der Waals surface area contributed by atoms with E-state index in [4.69, 9.17) is 15.6 Å². The topological polar surface area (TPSA) is 166 Å². The summed E-state index contributed by atoms with van der Waals surface area (Å²) in [4.78, 5) is 31.2. The van der Waals surface area contributed by atoms with Gasteiger partial charge in [-0.1, -0.05) is 32.6 Å². The van der Waals surface area contributed by atoms with Gasteiger partial charge < -0.3 is 25.6 Å². The van der Waals surface area contributed by atoms with Crippen LogP contribution in [-0.4, -0.2) is 59.0 Å². The van der Waals surface area contributed by atoms with Gasteiger partial charge in [0.1, 0.15) is 18.8 Å². The highest BCUT2D eigenvalue weighted by atomic mass is 31.2. The molecular weight excluding hydrogens is 357 g/mol. The summed E-state index contributed by atoms with van der Waals surface area (Å²) >= 11 is 0. The molecule has 5 N–H and O–H groups in total. The molecule has 148 valence electrons. The molecule has 0 heterocycles. The van der Waals surface area contributed by atoms with Crippen molar-refractivity contribution < 1.29 is 43.0 Å². The number of carboxylic acids is 1. The van der Waals surface area contributed by atoms with Crippen molar-refractivity contribution in [3.05, 3.63) is 0 Å². The van der Waals surface area contributed by atoms with Crippen molar-refractivity contribution in [1.82, 2.24) is 0 Å². The Hall–Kier alpha value is -1.03. The number of ether oxygens (including phenoxy) is 1.